The topological polar surface area (TPSA) is 95.9 Å². The van der Waals surface area contributed by atoms with E-state index >= 15 is 0 Å². The molecule has 0 aromatic carbocycles. The third-order valence-corrected chi connectivity index (χ3v) is 17.2. The van der Waals surface area contributed by atoms with E-state index in [0.717, 1.165) is 44.9 Å². The normalized spacial score (nSPS) is 12.6. The van der Waals surface area contributed by atoms with Gasteiger partial charge in [0.15, 0.2) is 0 Å². The molecule has 0 aliphatic carbocycles. The first-order valence-corrected chi connectivity index (χ1v) is 36.6. The summed E-state index contributed by atoms with van der Waals surface area (Å²) in [7, 11) is 0. The summed E-state index contributed by atoms with van der Waals surface area (Å²) in [6, 6.07) is -0.550. The first-order valence-electron chi connectivity index (χ1n) is 36.6. The fraction of sp³-hybridized carbons (Fsp3) is 0.919. The molecule has 0 heterocycles. The van der Waals surface area contributed by atoms with E-state index < -0.39 is 12.1 Å². The lowest BCUT2D eigenvalue weighted by Gasteiger charge is -2.22. The Bertz CT molecular complexity index is 1250. The fourth-order valence-corrected chi connectivity index (χ4v) is 11.6. The highest BCUT2D eigenvalue weighted by atomic mass is 16.5. The van der Waals surface area contributed by atoms with Gasteiger partial charge in [0.1, 0.15) is 0 Å². The Morgan fingerprint density at radius 2 is 0.588 bits per heavy atom. The number of rotatable bonds is 69. The van der Waals surface area contributed by atoms with E-state index in [1.165, 1.54) is 334 Å². The molecule has 0 bridgehead atoms. The Hall–Kier alpha value is -1.66. The Labute approximate surface area is 501 Å². The molecule has 0 aliphatic heterocycles. The number of nitrogens with one attached hydrogen (secondary N) is 1. The molecule has 0 spiro atoms. The number of hydrogen-bond donors (Lipinski definition) is 3. The number of aliphatic hydroxyl groups excluding tert-OH is 2. The molecule has 0 rings (SSSR count). The number of carbonyl (C=O) groups excluding carboxylic acids is 2. The van der Waals surface area contributed by atoms with Crippen molar-refractivity contribution >= 4 is 11.9 Å². The van der Waals surface area contributed by atoms with Crippen LogP contribution in [-0.4, -0.2) is 47.4 Å². The van der Waals surface area contributed by atoms with Gasteiger partial charge in [-0.15, -0.1) is 0 Å². The number of hydrogen-bond acceptors (Lipinski definition) is 5. The predicted octanol–water partition coefficient (Wildman–Crippen LogP) is 23.7. The van der Waals surface area contributed by atoms with Crippen molar-refractivity contribution in [2.24, 2.45) is 0 Å². The third kappa shape index (κ3) is 65.5. The second-order valence-electron chi connectivity index (χ2n) is 25.3. The van der Waals surface area contributed by atoms with Gasteiger partial charge in [0.05, 0.1) is 25.4 Å². The van der Waals surface area contributed by atoms with Crippen LogP contribution in [0.2, 0.25) is 0 Å². The molecule has 2 atom stereocenters. The minimum Gasteiger partial charge on any atom is -0.466 e. The lowest BCUT2D eigenvalue weighted by Crippen LogP contribution is -2.45. The van der Waals surface area contributed by atoms with Gasteiger partial charge in [-0.25, -0.2) is 0 Å². The van der Waals surface area contributed by atoms with E-state index in [-0.39, 0.29) is 18.5 Å². The van der Waals surface area contributed by atoms with Crippen LogP contribution in [0.1, 0.15) is 412 Å². The van der Waals surface area contributed by atoms with E-state index in [1.54, 1.807) is 0 Å². The van der Waals surface area contributed by atoms with Crippen LogP contribution < -0.4 is 5.32 Å². The summed E-state index contributed by atoms with van der Waals surface area (Å²) >= 11 is 0. The van der Waals surface area contributed by atoms with Crippen LogP contribution >= 0.6 is 0 Å². The molecule has 3 N–H and O–H groups in total. The Kier molecular flexibility index (Phi) is 68.4. The van der Waals surface area contributed by atoms with Gasteiger partial charge in [-0.3, -0.25) is 9.59 Å². The van der Waals surface area contributed by atoms with Crippen molar-refractivity contribution in [1.29, 1.82) is 0 Å². The molecule has 0 saturated carbocycles. The maximum Gasteiger partial charge on any atom is 0.305 e. The van der Waals surface area contributed by atoms with Gasteiger partial charge in [-0.05, 0) is 77.0 Å². The second-order valence-corrected chi connectivity index (χ2v) is 25.3. The van der Waals surface area contributed by atoms with Crippen molar-refractivity contribution in [1.82, 2.24) is 5.32 Å². The average molecular weight is 1130 g/mol. The van der Waals surface area contributed by atoms with Crippen LogP contribution in [-0.2, 0) is 14.3 Å². The SMILES string of the molecule is CCCCCCCC/C=C\CCCCCCCCCCCC(=O)OCCCCCCCCCCC/C=C\CCCCCCCCCC(=O)NC(CO)C(O)CCCCCCCCCCCCCCCCCCCCCCCCCC. The maximum absolute atomic E-state index is 12.6. The van der Waals surface area contributed by atoms with Crippen LogP contribution in [0, 0.1) is 0 Å². The van der Waals surface area contributed by atoms with Gasteiger partial charge < -0.3 is 20.3 Å². The van der Waals surface area contributed by atoms with Gasteiger partial charge in [-0.2, -0.15) is 0 Å². The molecule has 0 aromatic heterocycles. The molecule has 0 fully saturated rings. The zero-order valence-electron chi connectivity index (χ0n) is 54.3. The largest absolute Gasteiger partial charge is 0.466 e. The van der Waals surface area contributed by atoms with Crippen molar-refractivity contribution in [3.05, 3.63) is 24.3 Å². The molecule has 0 aliphatic rings. The van der Waals surface area contributed by atoms with Crippen molar-refractivity contribution in [3.8, 4) is 0 Å². The summed E-state index contributed by atoms with van der Waals surface area (Å²) in [6.07, 6.45) is 88.0. The number of carbonyl (C=O) groups is 2. The minimum absolute atomic E-state index is 0.00707. The number of amides is 1. The van der Waals surface area contributed by atoms with E-state index in [9.17, 15) is 19.8 Å². The molecule has 80 heavy (non-hydrogen) atoms. The smallest absolute Gasteiger partial charge is 0.305 e. The molecule has 2 unspecified atom stereocenters. The van der Waals surface area contributed by atoms with Crippen molar-refractivity contribution in [3.63, 3.8) is 0 Å². The summed E-state index contributed by atoms with van der Waals surface area (Å²) in [5, 5.41) is 23.4. The van der Waals surface area contributed by atoms with Crippen molar-refractivity contribution < 1.29 is 24.5 Å². The Morgan fingerprint density at radius 3 is 0.887 bits per heavy atom. The zero-order chi connectivity index (χ0) is 57.8. The van der Waals surface area contributed by atoms with Gasteiger partial charge >= 0.3 is 5.97 Å². The van der Waals surface area contributed by atoms with E-state index in [0.29, 0.717) is 25.9 Å². The van der Waals surface area contributed by atoms with Crippen molar-refractivity contribution in [2.75, 3.05) is 13.2 Å². The quantitative estimate of drug-likeness (QED) is 0.0320. The van der Waals surface area contributed by atoms with Gasteiger partial charge in [-0.1, -0.05) is 346 Å². The number of allylic oxidation sites excluding steroid dienone is 4. The average Bonchev–Trinajstić information content (AvgIpc) is 3.46. The Morgan fingerprint density at radius 1 is 0.338 bits per heavy atom. The highest BCUT2D eigenvalue weighted by Gasteiger charge is 2.20. The van der Waals surface area contributed by atoms with Crippen LogP contribution in [0.5, 0.6) is 0 Å². The fourth-order valence-electron chi connectivity index (χ4n) is 11.6. The number of unbranched alkanes of at least 4 members (excludes halogenated alkanes) is 54. The minimum atomic E-state index is -0.672. The zero-order valence-corrected chi connectivity index (χ0v) is 54.3. The lowest BCUT2D eigenvalue weighted by molar-refractivity contribution is -0.143. The molecule has 0 radical (unpaired) electrons. The molecule has 6 nitrogen and oxygen atoms in total. The Balaban J connectivity index is 3.41. The summed E-state index contributed by atoms with van der Waals surface area (Å²) in [5.74, 6) is -0.0317. The molecule has 0 saturated heterocycles. The molecular formula is C74H143NO5. The molecule has 1 amide bonds. The van der Waals surface area contributed by atoms with E-state index in [4.69, 9.17) is 4.74 Å². The number of aliphatic hydroxyl groups is 2. The van der Waals surface area contributed by atoms with Gasteiger partial charge in [0, 0.05) is 12.8 Å². The van der Waals surface area contributed by atoms with E-state index in [2.05, 4.69) is 43.5 Å². The van der Waals surface area contributed by atoms with Crippen molar-refractivity contribution in [2.45, 2.75) is 424 Å². The van der Waals surface area contributed by atoms with Gasteiger partial charge in [0.25, 0.3) is 0 Å². The summed E-state index contributed by atoms with van der Waals surface area (Å²) < 4.78 is 5.50. The standard InChI is InChI=1S/C74H143NO5/c1-3-5-7-9-11-13-15-17-19-21-23-24-25-26-27-31-34-38-42-46-50-54-58-62-66-72(77)71(70-76)75-73(78)67-63-59-55-51-47-43-39-35-32-28-29-33-37-41-45-49-53-57-61-65-69-80-74(79)68-64-60-56-52-48-44-40-36-30-22-20-18-16-14-12-10-8-6-4-2/h18,20,28,32,71-72,76-77H,3-17,19,21-27,29-31,33-70H2,1-2H3,(H,75,78)/b20-18-,32-28-. The van der Waals surface area contributed by atoms with Crippen LogP contribution in [0.3, 0.4) is 0 Å². The summed E-state index contributed by atoms with van der Waals surface area (Å²) in [5.41, 5.74) is 0. The predicted molar refractivity (Wildman–Crippen MR) is 352 cm³/mol. The second kappa shape index (κ2) is 69.8. The molecular weight excluding hydrogens is 983 g/mol. The highest BCUT2D eigenvalue weighted by molar-refractivity contribution is 5.76. The summed E-state index contributed by atoms with van der Waals surface area (Å²) in [6.45, 7) is 4.98. The third-order valence-electron chi connectivity index (χ3n) is 17.2. The van der Waals surface area contributed by atoms with Crippen LogP contribution in [0.4, 0.5) is 0 Å². The van der Waals surface area contributed by atoms with Crippen LogP contribution in [0.25, 0.3) is 0 Å². The summed E-state index contributed by atoms with van der Waals surface area (Å²) in [4.78, 5) is 24.7. The van der Waals surface area contributed by atoms with E-state index in [1.807, 2.05) is 0 Å². The first kappa shape index (κ1) is 78.3. The number of esters is 1. The molecule has 0 aromatic rings. The monoisotopic (exact) mass is 1130 g/mol. The molecule has 6 heteroatoms. The highest BCUT2D eigenvalue weighted by Crippen LogP contribution is 2.19. The number of ether oxygens (including phenoxy) is 1. The maximum atomic E-state index is 12.6. The first-order chi connectivity index (χ1) is 39.5. The molecule has 474 valence electrons. The van der Waals surface area contributed by atoms with Crippen LogP contribution in [0.15, 0.2) is 24.3 Å². The van der Waals surface area contributed by atoms with Gasteiger partial charge in [0.2, 0.25) is 5.91 Å². The lowest BCUT2D eigenvalue weighted by atomic mass is 10.0.